The lowest BCUT2D eigenvalue weighted by molar-refractivity contribution is -0.125. The third-order valence-corrected chi connectivity index (χ3v) is 3.82. The molecular weight excluding hydrogens is 299 g/mol. The van der Waals surface area contributed by atoms with Crippen molar-refractivity contribution in [2.75, 3.05) is 6.61 Å². The molecular formula is C14H16BrFO2. The molecule has 0 amide bonds. The molecule has 0 bridgehead atoms. The van der Waals surface area contributed by atoms with Crippen LogP contribution in [0.3, 0.4) is 0 Å². The van der Waals surface area contributed by atoms with E-state index >= 15 is 0 Å². The molecule has 0 N–H and O–H groups in total. The molecule has 0 spiro atoms. The van der Waals surface area contributed by atoms with Gasteiger partial charge in [-0.2, -0.15) is 0 Å². The SMILES string of the molecule is O=C(COc1cc(Br)ccc1F)C1CCCCC1. The number of Topliss-reactive ketones (excluding diaryl/α,β-unsaturated/α-hetero) is 1. The van der Waals surface area contributed by atoms with Gasteiger partial charge in [-0.15, -0.1) is 0 Å². The fourth-order valence-electron chi connectivity index (χ4n) is 2.28. The predicted octanol–water partition coefficient (Wildman–Crippen LogP) is 4.12. The molecule has 0 unspecified atom stereocenters. The van der Waals surface area contributed by atoms with Crippen LogP contribution in [-0.4, -0.2) is 12.4 Å². The summed E-state index contributed by atoms with van der Waals surface area (Å²) in [7, 11) is 0. The van der Waals surface area contributed by atoms with Gasteiger partial charge in [-0.25, -0.2) is 4.39 Å². The van der Waals surface area contributed by atoms with Crippen LogP contribution in [0, 0.1) is 11.7 Å². The third-order valence-electron chi connectivity index (χ3n) is 3.32. The monoisotopic (exact) mass is 314 g/mol. The molecule has 0 atom stereocenters. The first-order chi connectivity index (χ1) is 8.66. The lowest BCUT2D eigenvalue weighted by atomic mass is 9.86. The minimum atomic E-state index is -0.436. The Morgan fingerprint density at radius 1 is 1.33 bits per heavy atom. The highest BCUT2D eigenvalue weighted by Crippen LogP contribution is 2.26. The maximum atomic E-state index is 13.4. The van der Waals surface area contributed by atoms with Crippen LogP contribution in [0.2, 0.25) is 0 Å². The number of rotatable bonds is 4. The van der Waals surface area contributed by atoms with E-state index in [0.29, 0.717) is 0 Å². The molecule has 1 aromatic carbocycles. The molecule has 0 aliphatic heterocycles. The van der Waals surface area contributed by atoms with Crippen molar-refractivity contribution >= 4 is 21.7 Å². The summed E-state index contributed by atoms with van der Waals surface area (Å²) >= 11 is 3.25. The number of carbonyl (C=O) groups excluding carboxylic acids is 1. The lowest BCUT2D eigenvalue weighted by Crippen LogP contribution is -2.23. The standard InChI is InChI=1S/C14H16BrFO2/c15-11-6-7-12(16)14(8-11)18-9-13(17)10-4-2-1-3-5-10/h6-8,10H,1-5,9H2. The van der Waals surface area contributed by atoms with E-state index in [0.717, 1.165) is 30.2 Å². The van der Waals surface area contributed by atoms with Crippen LogP contribution in [0.25, 0.3) is 0 Å². The Morgan fingerprint density at radius 2 is 2.06 bits per heavy atom. The van der Waals surface area contributed by atoms with Crippen LogP contribution in [0.15, 0.2) is 22.7 Å². The Kier molecular flexibility index (Phi) is 4.75. The molecule has 1 aliphatic carbocycles. The van der Waals surface area contributed by atoms with Crippen molar-refractivity contribution in [1.82, 2.24) is 0 Å². The Bertz CT molecular complexity index is 428. The number of hydrogen-bond acceptors (Lipinski definition) is 2. The Morgan fingerprint density at radius 3 is 2.78 bits per heavy atom. The van der Waals surface area contributed by atoms with E-state index in [-0.39, 0.29) is 24.1 Å². The summed E-state index contributed by atoms with van der Waals surface area (Å²) in [6, 6.07) is 4.47. The van der Waals surface area contributed by atoms with Gasteiger partial charge >= 0.3 is 0 Å². The fourth-order valence-corrected chi connectivity index (χ4v) is 2.62. The summed E-state index contributed by atoms with van der Waals surface area (Å²) in [6.07, 6.45) is 5.33. The van der Waals surface area contributed by atoms with Gasteiger partial charge in [-0.1, -0.05) is 35.2 Å². The maximum Gasteiger partial charge on any atom is 0.173 e. The zero-order valence-corrected chi connectivity index (χ0v) is 11.7. The highest BCUT2D eigenvalue weighted by molar-refractivity contribution is 9.10. The Labute approximate surface area is 115 Å². The highest BCUT2D eigenvalue weighted by atomic mass is 79.9. The van der Waals surface area contributed by atoms with Crippen molar-refractivity contribution in [2.24, 2.45) is 5.92 Å². The molecule has 1 aliphatic rings. The van der Waals surface area contributed by atoms with E-state index < -0.39 is 5.82 Å². The van der Waals surface area contributed by atoms with E-state index in [1.54, 1.807) is 12.1 Å². The minimum absolute atomic E-state index is 0.0297. The number of benzene rings is 1. The number of hydrogen-bond donors (Lipinski definition) is 0. The van der Waals surface area contributed by atoms with E-state index in [2.05, 4.69) is 15.9 Å². The van der Waals surface area contributed by atoms with Gasteiger partial charge in [0.2, 0.25) is 0 Å². The second-order valence-corrected chi connectivity index (χ2v) is 5.58. The summed E-state index contributed by atoms with van der Waals surface area (Å²) in [4.78, 5) is 11.9. The van der Waals surface area contributed by atoms with Crippen LogP contribution in [0.4, 0.5) is 4.39 Å². The summed E-state index contributed by atoms with van der Waals surface area (Å²) in [5.41, 5.74) is 0. The van der Waals surface area contributed by atoms with Crippen LogP contribution in [0.5, 0.6) is 5.75 Å². The van der Waals surface area contributed by atoms with Gasteiger partial charge in [0.15, 0.2) is 17.3 Å². The second-order valence-electron chi connectivity index (χ2n) is 4.66. The van der Waals surface area contributed by atoms with E-state index in [1.165, 1.54) is 12.5 Å². The molecule has 0 aromatic heterocycles. The average molecular weight is 315 g/mol. The average Bonchev–Trinajstić information content (AvgIpc) is 2.40. The van der Waals surface area contributed by atoms with Gasteiger partial charge in [0.25, 0.3) is 0 Å². The topological polar surface area (TPSA) is 26.3 Å². The molecule has 0 radical (unpaired) electrons. The van der Waals surface area contributed by atoms with E-state index in [4.69, 9.17) is 4.74 Å². The van der Waals surface area contributed by atoms with Gasteiger partial charge in [0.05, 0.1) is 0 Å². The van der Waals surface area contributed by atoms with Crippen molar-refractivity contribution in [3.05, 3.63) is 28.5 Å². The predicted molar refractivity (Wildman–Crippen MR) is 71.2 cm³/mol. The summed E-state index contributed by atoms with van der Waals surface area (Å²) in [5.74, 6) is -0.105. The normalized spacial score (nSPS) is 16.6. The first-order valence-corrected chi connectivity index (χ1v) is 7.06. The minimum Gasteiger partial charge on any atom is -0.483 e. The van der Waals surface area contributed by atoms with Gasteiger partial charge in [-0.3, -0.25) is 4.79 Å². The number of ether oxygens (including phenoxy) is 1. The number of carbonyl (C=O) groups is 1. The molecule has 2 nitrogen and oxygen atoms in total. The summed E-state index contributed by atoms with van der Waals surface area (Å²) < 4.78 is 19.4. The Hall–Kier alpha value is -0.900. The molecule has 18 heavy (non-hydrogen) atoms. The van der Waals surface area contributed by atoms with Crippen molar-refractivity contribution in [3.63, 3.8) is 0 Å². The summed E-state index contributed by atoms with van der Waals surface area (Å²) in [5, 5.41) is 0. The molecule has 4 heteroatoms. The highest BCUT2D eigenvalue weighted by Gasteiger charge is 2.21. The lowest BCUT2D eigenvalue weighted by Gasteiger charge is -2.20. The van der Waals surface area contributed by atoms with Crippen molar-refractivity contribution < 1.29 is 13.9 Å². The molecule has 98 valence electrons. The zero-order valence-electron chi connectivity index (χ0n) is 10.1. The number of ketones is 1. The van der Waals surface area contributed by atoms with E-state index in [9.17, 15) is 9.18 Å². The Balaban J connectivity index is 1.90. The molecule has 0 heterocycles. The van der Waals surface area contributed by atoms with Crippen LogP contribution < -0.4 is 4.74 Å². The van der Waals surface area contributed by atoms with Crippen LogP contribution in [-0.2, 0) is 4.79 Å². The number of halogens is 2. The second kappa shape index (κ2) is 6.32. The quantitative estimate of drug-likeness (QED) is 0.835. The van der Waals surface area contributed by atoms with Crippen molar-refractivity contribution in [3.8, 4) is 5.75 Å². The first-order valence-electron chi connectivity index (χ1n) is 6.27. The first kappa shape index (κ1) is 13.5. The molecule has 2 rings (SSSR count). The van der Waals surface area contributed by atoms with Gasteiger partial charge in [0, 0.05) is 10.4 Å². The van der Waals surface area contributed by atoms with E-state index in [1.807, 2.05) is 0 Å². The molecule has 1 aromatic rings. The molecule has 1 fully saturated rings. The zero-order chi connectivity index (χ0) is 13.0. The third kappa shape index (κ3) is 3.55. The van der Waals surface area contributed by atoms with Crippen molar-refractivity contribution in [2.45, 2.75) is 32.1 Å². The van der Waals surface area contributed by atoms with Gasteiger partial charge in [-0.05, 0) is 31.0 Å². The van der Waals surface area contributed by atoms with Gasteiger partial charge < -0.3 is 4.74 Å². The summed E-state index contributed by atoms with van der Waals surface area (Å²) in [6.45, 7) is -0.0297. The van der Waals surface area contributed by atoms with Crippen LogP contribution in [0.1, 0.15) is 32.1 Å². The largest absolute Gasteiger partial charge is 0.483 e. The molecule has 1 saturated carbocycles. The van der Waals surface area contributed by atoms with Crippen LogP contribution >= 0.6 is 15.9 Å². The van der Waals surface area contributed by atoms with Crippen molar-refractivity contribution in [1.29, 1.82) is 0 Å². The molecule has 0 saturated heterocycles. The fraction of sp³-hybridized carbons (Fsp3) is 0.500. The maximum absolute atomic E-state index is 13.4. The van der Waals surface area contributed by atoms with Gasteiger partial charge in [0.1, 0.15) is 6.61 Å². The smallest absolute Gasteiger partial charge is 0.173 e.